The number of hydrogen-bond acceptors (Lipinski definition) is 6. The van der Waals surface area contributed by atoms with Gasteiger partial charge in [0.1, 0.15) is 5.69 Å². The fourth-order valence-corrected chi connectivity index (χ4v) is 3.00. The first-order valence-electron chi connectivity index (χ1n) is 7.76. The van der Waals surface area contributed by atoms with Gasteiger partial charge in [0, 0.05) is 19.2 Å². The molecule has 0 saturated carbocycles. The van der Waals surface area contributed by atoms with Gasteiger partial charge in [-0.15, -0.1) is 0 Å². The maximum absolute atomic E-state index is 12.2. The van der Waals surface area contributed by atoms with Crippen molar-refractivity contribution in [1.82, 2.24) is 4.90 Å². The van der Waals surface area contributed by atoms with Gasteiger partial charge in [0.25, 0.3) is 11.6 Å². The van der Waals surface area contributed by atoms with Gasteiger partial charge in [-0.2, -0.15) is 0 Å². The fraction of sp³-hybridized carbons (Fsp3) is 0.500. The monoisotopic (exact) mass is 335 g/mol. The topological polar surface area (TPSA) is 116 Å². The Morgan fingerprint density at radius 2 is 1.96 bits per heavy atom. The fourth-order valence-electron chi connectivity index (χ4n) is 3.00. The van der Waals surface area contributed by atoms with Gasteiger partial charge in [0.15, 0.2) is 6.61 Å². The molecule has 0 aromatic heterocycles. The second kappa shape index (κ2) is 7.29. The molecule has 1 aromatic rings. The van der Waals surface area contributed by atoms with Crippen LogP contribution in [0, 0.1) is 22.0 Å². The Bertz CT molecular complexity index is 651. The van der Waals surface area contributed by atoms with Gasteiger partial charge in [-0.05, 0) is 30.4 Å². The molecule has 1 aliphatic heterocycles. The Labute approximate surface area is 139 Å². The molecule has 1 saturated heterocycles. The number of nitro groups is 1. The minimum atomic E-state index is -0.787. The van der Waals surface area contributed by atoms with Crippen LogP contribution >= 0.6 is 0 Å². The van der Waals surface area contributed by atoms with E-state index in [1.54, 1.807) is 4.90 Å². The van der Waals surface area contributed by atoms with Crippen LogP contribution in [0.4, 0.5) is 11.4 Å². The molecule has 1 aliphatic rings. The van der Waals surface area contributed by atoms with Crippen molar-refractivity contribution < 1.29 is 19.2 Å². The third-order valence-electron chi connectivity index (χ3n) is 4.01. The summed E-state index contributed by atoms with van der Waals surface area (Å²) in [6.45, 7) is 5.07. The van der Waals surface area contributed by atoms with E-state index < -0.39 is 10.9 Å². The average molecular weight is 335 g/mol. The number of likely N-dealkylation sites (tertiary alicyclic amines) is 1. The normalized spacial score (nSPS) is 20.5. The van der Waals surface area contributed by atoms with Crippen molar-refractivity contribution in [3.05, 3.63) is 33.9 Å². The highest BCUT2D eigenvalue weighted by Crippen LogP contribution is 2.23. The quantitative estimate of drug-likeness (QED) is 0.388. The van der Waals surface area contributed by atoms with E-state index in [1.807, 2.05) is 0 Å². The Kier molecular flexibility index (Phi) is 5.38. The summed E-state index contributed by atoms with van der Waals surface area (Å²) in [4.78, 5) is 36.0. The molecular formula is C16H21N3O5. The van der Waals surface area contributed by atoms with Crippen molar-refractivity contribution in [2.24, 2.45) is 11.8 Å². The largest absolute Gasteiger partial charge is 0.452 e. The van der Waals surface area contributed by atoms with Gasteiger partial charge in [-0.3, -0.25) is 14.9 Å². The maximum Gasteiger partial charge on any atom is 0.338 e. The standard InChI is InChI=1S/C16H21N3O5/c1-10-5-11(2)8-18(7-10)15(20)9-24-16(21)12-3-4-13(17)14(6-12)19(22)23/h3-4,6,10-11H,5,7-9,17H2,1-2H3/t10-,11-/m1/s1. The Balaban J connectivity index is 1.96. The predicted molar refractivity (Wildman–Crippen MR) is 87.3 cm³/mol. The number of nitrogens with zero attached hydrogens (tertiary/aromatic N) is 2. The van der Waals surface area contributed by atoms with Gasteiger partial charge in [0.05, 0.1) is 10.5 Å². The van der Waals surface area contributed by atoms with Crippen LogP contribution in [0.15, 0.2) is 18.2 Å². The Morgan fingerprint density at radius 1 is 1.33 bits per heavy atom. The van der Waals surface area contributed by atoms with Crippen LogP contribution in [0.3, 0.4) is 0 Å². The lowest BCUT2D eigenvalue weighted by Crippen LogP contribution is -2.44. The number of esters is 1. The molecule has 130 valence electrons. The van der Waals surface area contributed by atoms with Crippen LogP contribution in [0.5, 0.6) is 0 Å². The molecule has 0 unspecified atom stereocenters. The molecule has 0 bridgehead atoms. The Hall–Kier alpha value is -2.64. The minimum absolute atomic E-state index is 0.0101. The maximum atomic E-state index is 12.2. The molecule has 8 nitrogen and oxygen atoms in total. The third-order valence-corrected chi connectivity index (χ3v) is 4.01. The molecule has 1 fully saturated rings. The first kappa shape index (κ1) is 17.7. The summed E-state index contributed by atoms with van der Waals surface area (Å²) in [6, 6.07) is 3.65. The van der Waals surface area contributed by atoms with Gasteiger partial charge in [-0.25, -0.2) is 4.79 Å². The summed E-state index contributed by atoms with van der Waals surface area (Å²) in [5, 5.41) is 10.8. The number of ether oxygens (including phenoxy) is 1. The molecule has 8 heteroatoms. The van der Waals surface area contributed by atoms with E-state index in [4.69, 9.17) is 10.5 Å². The van der Waals surface area contributed by atoms with Crippen LogP contribution in [0.1, 0.15) is 30.6 Å². The lowest BCUT2D eigenvalue weighted by molar-refractivity contribution is -0.383. The van der Waals surface area contributed by atoms with E-state index >= 15 is 0 Å². The highest BCUT2D eigenvalue weighted by atomic mass is 16.6. The lowest BCUT2D eigenvalue weighted by Gasteiger charge is -2.34. The summed E-state index contributed by atoms with van der Waals surface area (Å²) in [5.74, 6) is -0.224. The first-order chi connectivity index (χ1) is 11.3. The Morgan fingerprint density at radius 3 is 2.54 bits per heavy atom. The second-order valence-electron chi connectivity index (χ2n) is 6.35. The van der Waals surface area contributed by atoms with Crippen molar-refractivity contribution in [3.8, 4) is 0 Å². The molecule has 0 aliphatic carbocycles. The van der Waals surface area contributed by atoms with Gasteiger partial charge in [-0.1, -0.05) is 13.8 Å². The first-order valence-corrected chi connectivity index (χ1v) is 7.76. The van der Waals surface area contributed by atoms with Gasteiger partial charge >= 0.3 is 5.97 Å². The molecule has 2 atom stereocenters. The number of carbonyl (C=O) groups excluding carboxylic acids is 2. The predicted octanol–water partition coefficient (Wildman–Crippen LogP) is 1.84. The van der Waals surface area contributed by atoms with Crippen molar-refractivity contribution in [3.63, 3.8) is 0 Å². The lowest BCUT2D eigenvalue weighted by atomic mass is 9.92. The van der Waals surface area contributed by atoms with Crippen molar-refractivity contribution >= 4 is 23.3 Å². The summed E-state index contributed by atoms with van der Waals surface area (Å²) >= 11 is 0. The number of amides is 1. The minimum Gasteiger partial charge on any atom is -0.452 e. The number of carbonyl (C=O) groups is 2. The van der Waals surface area contributed by atoms with Crippen LogP contribution in [-0.4, -0.2) is 41.4 Å². The van der Waals surface area contributed by atoms with Crippen molar-refractivity contribution in [2.45, 2.75) is 20.3 Å². The van der Waals surface area contributed by atoms with Crippen LogP contribution < -0.4 is 5.73 Å². The molecular weight excluding hydrogens is 314 g/mol. The summed E-state index contributed by atoms with van der Waals surface area (Å²) in [5.41, 5.74) is 5.07. The van der Waals surface area contributed by atoms with Crippen LogP contribution in [-0.2, 0) is 9.53 Å². The number of nitrogen functional groups attached to an aromatic ring is 1. The second-order valence-corrected chi connectivity index (χ2v) is 6.35. The number of piperidine rings is 1. The number of hydrogen-bond donors (Lipinski definition) is 1. The van der Waals surface area contributed by atoms with Crippen molar-refractivity contribution in [1.29, 1.82) is 0 Å². The van der Waals surface area contributed by atoms with E-state index in [1.165, 1.54) is 12.1 Å². The summed E-state index contributed by atoms with van der Waals surface area (Å²) in [6.07, 6.45) is 1.07. The van der Waals surface area contributed by atoms with E-state index in [0.717, 1.165) is 12.5 Å². The van der Waals surface area contributed by atoms with Gasteiger partial charge < -0.3 is 15.4 Å². The number of benzene rings is 1. The molecule has 1 amide bonds. The zero-order chi connectivity index (χ0) is 17.9. The third kappa shape index (κ3) is 4.21. The van der Waals surface area contributed by atoms with Crippen LogP contribution in [0.25, 0.3) is 0 Å². The molecule has 24 heavy (non-hydrogen) atoms. The van der Waals surface area contributed by atoms with E-state index in [2.05, 4.69) is 13.8 Å². The average Bonchev–Trinajstić information content (AvgIpc) is 2.51. The highest BCUT2D eigenvalue weighted by molar-refractivity contribution is 5.92. The molecule has 2 rings (SSSR count). The zero-order valence-electron chi connectivity index (χ0n) is 13.7. The molecule has 0 spiro atoms. The SMILES string of the molecule is C[C@@H]1C[C@@H](C)CN(C(=O)COC(=O)c2ccc(N)c([N+](=O)[O-])c2)C1. The molecule has 1 aromatic carbocycles. The smallest absolute Gasteiger partial charge is 0.338 e. The van der Waals surface area contributed by atoms with Crippen LogP contribution in [0.2, 0.25) is 0 Å². The number of rotatable bonds is 4. The van der Waals surface area contributed by atoms with E-state index in [0.29, 0.717) is 24.9 Å². The van der Waals surface area contributed by atoms with E-state index in [-0.39, 0.29) is 29.5 Å². The molecule has 2 N–H and O–H groups in total. The number of anilines is 1. The highest BCUT2D eigenvalue weighted by Gasteiger charge is 2.26. The number of nitrogens with two attached hydrogens (primary N) is 1. The summed E-state index contributed by atoms with van der Waals surface area (Å²) < 4.78 is 4.99. The summed E-state index contributed by atoms with van der Waals surface area (Å²) in [7, 11) is 0. The van der Waals surface area contributed by atoms with Gasteiger partial charge in [0.2, 0.25) is 0 Å². The number of nitro benzene ring substituents is 1. The van der Waals surface area contributed by atoms with Crippen molar-refractivity contribution in [2.75, 3.05) is 25.4 Å². The van der Waals surface area contributed by atoms with E-state index in [9.17, 15) is 19.7 Å². The molecule has 0 radical (unpaired) electrons. The molecule has 1 heterocycles. The zero-order valence-corrected chi connectivity index (χ0v) is 13.7.